The van der Waals surface area contributed by atoms with Crippen molar-refractivity contribution in [2.24, 2.45) is 4.99 Å². The molecule has 0 atom stereocenters. The number of benzene rings is 1. The zero-order valence-electron chi connectivity index (χ0n) is 17.6. The average molecular weight is 385 g/mol. The van der Waals surface area contributed by atoms with Crippen LogP contribution in [0.4, 0.5) is 0 Å². The Hall–Kier alpha value is -2.83. The van der Waals surface area contributed by atoms with Gasteiger partial charge >= 0.3 is 0 Å². The van der Waals surface area contributed by atoms with Crippen LogP contribution >= 0.6 is 0 Å². The highest BCUT2D eigenvalue weighted by Gasteiger charge is 2.08. The van der Waals surface area contributed by atoms with Gasteiger partial charge in [-0.3, -0.25) is 14.5 Å². The molecular weight excluding hydrogens is 352 g/mol. The fourth-order valence-corrected chi connectivity index (χ4v) is 3.00. The van der Waals surface area contributed by atoms with Gasteiger partial charge in [0.2, 0.25) is 0 Å². The fraction of sp³-hybridized carbons (Fsp3) is 0.476. The molecule has 0 aliphatic heterocycles. The Morgan fingerprint density at radius 1 is 1.18 bits per heavy atom. The van der Waals surface area contributed by atoms with E-state index in [1.165, 1.54) is 5.69 Å². The van der Waals surface area contributed by atoms with Crippen molar-refractivity contribution in [3.63, 3.8) is 0 Å². The summed E-state index contributed by atoms with van der Waals surface area (Å²) < 4.78 is 2.04. The SMILES string of the molecule is CN=C(NCCCn1nc(C)cc1C)NCCc1cccc(C(=O)N(C)C)c1. The van der Waals surface area contributed by atoms with Crippen molar-refractivity contribution < 1.29 is 4.79 Å². The van der Waals surface area contributed by atoms with Crippen LogP contribution < -0.4 is 10.6 Å². The first-order valence-electron chi connectivity index (χ1n) is 9.67. The molecule has 7 heteroatoms. The second-order valence-corrected chi connectivity index (χ2v) is 7.08. The quantitative estimate of drug-likeness (QED) is 0.415. The Labute approximate surface area is 167 Å². The second kappa shape index (κ2) is 10.5. The number of aryl methyl sites for hydroxylation is 3. The number of nitrogens with zero attached hydrogens (tertiary/aromatic N) is 4. The molecule has 7 nitrogen and oxygen atoms in total. The molecule has 0 saturated heterocycles. The normalized spacial score (nSPS) is 11.4. The standard InChI is InChI=1S/C21H32N6O/c1-16-14-17(2)27(25-16)13-7-11-23-21(22-3)24-12-10-18-8-6-9-19(15-18)20(28)26(4)5/h6,8-9,14-15H,7,10-13H2,1-5H3,(H2,22,23,24). The molecule has 0 radical (unpaired) electrons. The largest absolute Gasteiger partial charge is 0.356 e. The minimum Gasteiger partial charge on any atom is -0.356 e. The van der Waals surface area contributed by atoms with Crippen LogP contribution in [0.25, 0.3) is 0 Å². The van der Waals surface area contributed by atoms with Crippen LogP contribution in [0, 0.1) is 13.8 Å². The van der Waals surface area contributed by atoms with Crippen LogP contribution in [0.5, 0.6) is 0 Å². The first-order chi connectivity index (χ1) is 13.4. The first kappa shape index (κ1) is 21.5. The summed E-state index contributed by atoms with van der Waals surface area (Å²) in [5.74, 6) is 0.809. The van der Waals surface area contributed by atoms with Crippen molar-refractivity contribution in [3.05, 3.63) is 52.8 Å². The second-order valence-electron chi connectivity index (χ2n) is 7.08. The zero-order chi connectivity index (χ0) is 20.5. The van der Waals surface area contributed by atoms with E-state index in [1.807, 2.05) is 35.9 Å². The molecule has 0 bridgehead atoms. The fourth-order valence-electron chi connectivity index (χ4n) is 3.00. The molecule has 28 heavy (non-hydrogen) atoms. The molecule has 1 amide bonds. The van der Waals surface area contributed by atoms with Crippen molar-refractivity contribution in [2.45, 2.75) is 33.2 Å². The van der Waals surface area contributed by atoms with Crippen LogP contribution in [0.3, 0.4) is 0 Å². The van der Waals surface area contributed by atoms with Crippen molar-refractivity contribution in [1.82, 2.24) is 25.3 Å². The minimum absolute atomic E-state index is 0.0231. The molecule has 0 aliphatic rings. The third-order valence-electron chi connectivity index (χ3n) is 4.45. The highest BCUT2D eigenvalue weighted by molar-refractivity contribution is 5.94. The van der Waals surface area contributed by atoms with Gasteiger partial charge in [-0.15, -0.1) is 0 Å². The molecule has 0 spiro atoms. The maximum Gasteiger partial charge on any atom is 0.253 e. The number of nitrogens with one attached hydrogen (secondary N) is 2. The van der Waals surface area contributed by atoms with Crippen LogP contribution in [-0.2, 0) is 13.0 Å². The van der Waals surface area contributed by atoms with Gasteiger partial charge in [0.15, 0.2) is 5.96 Å². The van der Waals surface area contributed by atoms with Gasteiger partial charge in [0.05, 0.1) is 5.69 Å². The number of carbonyl (C=O) groups is 1. The number of hydrogen-bond acceptors (Lipinski definition) is 3. The van der Waals surface area contributed by atoms with E-state index in [-0.39, 0.29) is 5.91 Å². The number of guanidine groups is 1. The summed E-state index contributed by atoms with van der Waals surface area (Å²) in [4.78, 5) is 17.9. The lowest BCUT2D eigenvalue weighted by molar-refractivity contribution is 0.0827. The van der Waals surface area contributed by atoms with Crippen molar-refractivity contribution >= 4 is 11.9 Å². The van der Waals surface area contributed by atoms with Crippen LogP contribution in [-0.4, -0.2) is 60.8 Å². The molecule has 1 aromatic carbocycles. The Morgan fingerprint density at radius 3 is 2.57 bits per heavy atom. The van der Waals surface area contributed by atoms with Gasteiger partial charge in [-0.2, -0.15) is 5.10 Å². The molecule has 0 aliphatic carbocycles. The maximum atomic E-state index is 12.1. The van der Waals surface area contributed by atoms with E-state index in [4.69, 9.17) is 0 Å². The zero-order valence-corrected chi connectivity index (χ0v) is 17.6. The molecule has 1 heterocycles. The number of rotatable bonds is 8. The Kier molecular flexibility index (Phi) is 8.04. The summed E-state index contributed by atoms with van der Waals surface area (Å²) >= 11 is 0. The lowest BCUT2D eigenvalue weighted by atomic mass is 10.1. The topological polar surface area (TPSA) is 74.5 Å². The number of aliphatic imine (C=N–C) groups is 1. The van der Waals surface area contributed by atoms with E-state index in [1.54, 1.807) is 26.0 Å². The number of hydrogen-bond donors (Lipinski definition) is 2. The van der Waals surface area contributed by atoms with Crippen molar-refractivity contribution in [3.8, 4) is 0 Å². The van der Waals surface area contributed by atoms with E-state index < -0.39 is 0 Å². The molecular formula is C21H32N6O. The maximum absolute atomic E-state index is 12.1. The van der Waals surface area contributed by atoms with Crippen molar-refractivity contribution in [1.29, 1.82) is 0 Å². The Balaban J connectivity index is 1.73. The average Bonchev–Trinajstić information content (AvgIpc) is 3.00. The molecule has 152 valence electrons. The van der Waals surface area contributed by atoms with E-state index >= 15 is 0 Å². The van der Waals surface area contributed by atoms with E-state index in [0.717, 1.165) is 49.7 Å². The Bertz CT molecular complexity index is 809. The van der Waals surface area contributed by atoms with Crippen LogP contribution in [0.15, 0.2) is 35.3 Å². The van der Waals surface area contributed by atoms with E-state index in [9.17, 15) is 4.79 Å². The van der Waals surface area contributed by atoms with Gasteiger partial charge in [-0.1, -0.05) is 12.1 Å². The molecule has 0 unspecified atom stereocenters. The smallest absolute Gasteiger partial charge is 0.253 e. The predicted molar refractivity (Wildman–Crippen MR) is 114 cm³/mol. The third kappa shape index (κ3) is 6.40. The number of carbonyl (C=O) groups excluding carboxylic acids is 1. The predicted octanol–water partition coefficient (Wildman–Crippen LogP) is 2.00. The van der Waals surface area contributed by atoms with Crippen molar-refractivity contribution in [2.75, 3.05) is 34.2 Å². The van der Waals surface area contributed by atoms with Gasteiger partial charge in [-0.05, 0) is 50.5 Å². The molecule has 0 saturated carbocycles. The summed E-state index contributed by atoms with van der Waals surface area (Å²) in [6.45, 7) is 6.55. The van der Waals surface area contributed by atoms with E-state index in [2.05, 4.69) is 33.7 Å². The van der Waals surface area contributed by atoms with Crippen LogP contribution in [0.1, 0.15) is 33.7 Å². The lowest BCUT2D eigenvalue weighted by Gasteiger charge is -2.13. The highest BCUT2D eigenvalue weighted by atomic mass is 16.2. The molecule has 1 aromatic heterocycles. The number of aromatic nitrogens is 2. The lowest BCUT2D eigenvalue weighted by Crippen LogP contribution is -2.39. The molecule has 2 rings (SSSR count). The third-order valence-corrected chi connectivity index (χ3v) is 4.45. The van der Waals surface area contributed by atoms with Gasteiger partial charge in [0, 0.05) is 52.0 Å². The van der Waals surface area contributed by atoms with Crippen LogP contribution in [0.2, 0.25) is 0 Å². The molecule has 0 fully saturated rings. The monoisotopic (exact) mass is 384 g/mol. The molecule has 2 aromatic rings. The van der Waals surface area contributed by atoms with Gasteiger partial charge < -0.3 is 15.5 Å². The van der Waals surface area contributed by atoms with E-state index in [0.29, 0.717) is 5.56 Å². The summed E-state index contributed by atoms with van der Waals surface area (Å²) in [7, 11) is 5.30. The molecule has 2 N–H and O–H groups in total. The highest BCUT2D eigenvalue weighted by Crippen LogP contribution is 2.07. The summed E-state index contributed by atoms with van der Waals surface area (Å²) in [5, 5.41) is 11.1. The summed E-state index contributed by atoms with van der Waals surface area (Å²) in [5.41, 5.74) is 4.09. The summed E-state index contributed by atoms with van der Waals surface area (Å²) in [6, 6.07) is 9.86. The number of amides is 1. The summed E-state index contributed by atoms with van der Waals surface area (Å²) in [6.07, 6.45) is 1.79. The Morgan fingerprint density at radius 2 is 1.93 bits per heavy atom. The van der Waals surface area contributed by atoms with Gasteiger partial charge in [-0.25, -0.2) is 0 Å². The van der Waals surface area contributed by atoms with Gasteiger partial charge in [0.1, 0.15) is 0 Å². The van der Waals surface area contributed by atoms with Gasteiger partial charge in [0.25, 0.3) is 5.91 Å². The first-order valence-corrected chi connectivity index (χ1v) is 9.67. The minimum atomic E-state index is 0.0231.